The first-order chi connectivity index (χ1) is 8.54. The van der Waals surface area contributed by atoms with Gasteiger partial charge in [0.15, 0.2) is 0 Å². The molecule has 0 saturated heterocycles. The highest BCUT2D eigenvalue weighted by Gasteiger charge is 2.35. The second-order valence-corrected chi connectivity index (χ2v) is 5.94. The molecule has 0 spiro atoms. The molecule has 0 aliphatic rings. The van der Waals surface area contributed by atoms with Gasteiger partial charge in [0, 0.05) is 20.3 Å². The zero-order valence-corrected chi connectivity index (χ0v) is 12.5. The molecule has 5 nitrogen and oxygen atoms in total. The summed E-state index contributed by atoms with van der Waals surface area (Å²) in [6, 6.07) is 3.46. The van der Waals surface area contributed by atoms with Crippen LogP contribution in [0.5, 0.6) is 0 Å². The number of anilines is 1. The number of pyridine rings is 1. The SMILES string of the molecule is CN(C)C(=O)c1ccc(NC(C)(C)C(C)(C)O)nc1. The van der Waals surface area contributed by atoms with Gasteiger partial charge in [-0.2, -0.15) is 0 Å². The Morgan fingerprint density at radius 2 is 1.84 bits per heavy atom. The van der Waals surface area contributed by atoms with Crippen LogP contribution < -0.4 is 5.32 Å². The van der Waals surface area contributed by atoms with Gasteiger partial charge in [-0.1, -0.05) is 0 Å². The number of nitrogens with zero attached hydrogens (tertiary/aromatic N) is 2. The maximum atomic E-state index is 11.7. The van der Waals surface area contributed by atoms with Crippen LogP contribution in [0.25, 0.3) is 0 Å². The molecule has 0 fully saturated rings. The van der Waals surface area contributed by atoms with E-state index in [2.05, 4.69) is 10.3 Å². The van der Waals surface area contributed by atoms with Crippen LogP contribution in [0.4, 0.5) is 5.82 Å². The molecule has 0 unspecified atom stereocenters. The van der Waals surface area contributed by atoms with Crippen LogP contribution in [0.1, 0.15) is 38.1 Å². The van der Waals surface area contributed by atoms with E-state index in [1.165, 1.54) is 11.1 Å². The molecule has 106 valence electrons. The van der Waals surface area contributed by atoms with Gasteiger partial charge in [0.05, 0.1) is 16.7 Å². The van der Waals surface area contributed by atoms with Crippen LogP contribution >= 0.6 is 0 Å². The average molecular weight is 265 g/mol. The van der Waals surface area contributed by atoms with Crippen LogP contribution in [0.2, 0.25) is 0 Å². The van der Waals surface area contributed by atoms with Gasteiger partial charge in [0.25, 0.3) is 5.91 Å². The second-order valence-electron chi connectivity index (χ2n) is 5.94. The fraction of sp³-hybridized carbons (Fsp3) is 0.571. The van der Waals surface area contributed by atoms with Gasteiger partial charge in [-0.3, -0.25) is 4.79 Å². The normalized spacial score (nSPS) is 12.2. The van der Waals surface area contributed by atoms with E-state index in [4.69, 9.17) is 0 Å². The van der Waals surface area contributed by atoms with Crippen molar-refractivity contribution in [1.82, 2.24) is 9.88 Å². The van der Waals surface area contributed by atoms with E-state index in [0.717, 1.165) is 0 Å². The molecule has 1 amide bonds. The largest absolute Gasteiger partial charge is 0.388 e. The number of hydrogen-bond acceptors (Lipinski definition) is 4. The third kappa shape index (κ3) is 3.67. The Bertz CT molecular complexity index is 445. The summed E-state index contributed by atoms with van der Waals surface area (Å²) in [6.45, 7) is 7.27. The fourth-order valence-electron chi connectivity index (χ4n) is 1.33. The Morgan fingerprint density at radius 1 is 1.26 bits per heavy atom. The van der Waals surface area contributed by atoms with E-state index in [1.54, 1.807) is 40.1 Å². The summed E-state index contributed by atoms with van der Waals surface area (Å²) in [5, 5.41) is 13.2. The minimum Gasteiger partial charge on any atom is -0.388 e. The van der Waals surface area contributed by atoms with Gasteiger partial charge >= 0.3 is 0 Å². The molecule has 1 rings (SSSR count). The number of nitrogens with one attached hydrogen (secondary N) is 1. The Morgan fingerprint density at radius 3 is 2.21 bits per heavy atom. The van der Waals surface area contributed by atoms with E-state index < -0.39 is 11.1 Å². The number of rotatable bonds is 4. The molecule has 1 aromatic rings. The van der Waals surface area contributed by atoms with Gasteiger partial charge in [-0.15, -0.1) is 0 Å². The Balaban J connectivity index is 2.87. The summed E-state index contributed by atoms with van der Waals surface area (Å²) in [6.07, 6.45) is 1.53. The average Bonchev–Trinajstić information content (AvgIpc) is 2.27. The van der Waals surface area contributed by atoms with Gasteiger partial charge < -0.3 is 15.3 Å². The van der Waals surface area contributed by atoms with E-state index in [0.29, 0.717) is 11.4 Å². The van der Waals surface area contributed by atoms with Gasteiger partial charge in [0.1, 0.15) is 5.82 Å². The van der Waals surface area contributed by atoms with Crippen LogP contribution in [0.3, 0.4) is 0 Å². The molecule has 1 aromatic heterocycles. The van der Waals surface area contributed by atoms with Crippen molar-refractivity contribution >= 4 is 11.7 Å². The lowest BCUT2D eigenvalue weighted by Gasteiger charge is -2.38. The van der Waals surface area contributed by atoms with E-state index in [-0.39, 0.29) is 5.91 Å². The topological polar surface area (TPSA) is 65.5 Å². The first-order valence-electron chi connectivity index (χ1n) is 6.23. The van der Waals surface area contributed by atoms with Gasteiger partial charge in [-0.05, 0) is 39.8 Å². The van der Waals surface area contributed by atoms with Crippen LogP contribution in [-0.4, -0.2) is 46.1 Å². The Labute approximate surface area is 114 Å². The predicted molar refractivity (Wildman–Crippen MR) is 76.3 cm³/mol. The number of hydrogen-bond donors (Lipinski definition) is 2. The lowest BCUT2D eigenvalue weighted by Crippen LogP contribution is -2.51. The fourth-order valence-corrected chi connectivity index (χ4v) is 1.33. The summed E-state index contributed by atoms with van der Waals surface area (Å²) in [5.74, 6) is 0.545. The minimum atomic E-state index is -0.896. The Hall–Kier alpha value is -1.62. The minimum absolute atomic E-state index is 0.0826. The summed E-state index contributed by atoms with van der Waals surface area (Å²) >= 11 is 0. The quantitative estimate of drug-likeness (QED) is 0.870. The van der Waals surface area contributed by atoms with Gasteiger partial charge in [-0.25, -0.2) is 4.98 Å². The molecule has 19 heavy (non-hydrogen) atoms. The standard InChI is InChI=1S/C14H23N3O2/c1-13(2,14(3,4)19)16-11-8-7-10(9-15-11)12(18)17(5)6/h7-9,19H,1-6H3,(H,15,16). The molecule has 0 radical (unpaired) electrons. The number of carbonyl (C=O) groups is 1. The predicted octanol–water partition coefficient (Wildman–Crippen LogP) is 1.74. The third-order valence-electron chi connectivity index (χ3n) is 3.39. The number of carbonyl (C=O) groups excluding carboxylic acids is 1. The van der Waals surface area contributed by atoms with E-state index in [1.807, 2.05) is 13.8 Å². The van der Waals surface area contributed by atoms with Crippen molar-refractivity contribution in [3.05, 3.63) is 23.9 Å². The molecule has 5 heteroatoms. The van der Waals surface area contributed by atoms with Gasteiger partial charge in [0.2, 0.25) is 0 Å². The molecule has 0 saturated carbocycles. The molecule has 0 aliphatic carbocycles. The smallest absolute Gasteiger partial charge is 0.254 e. The van der Waals surface area contributed by atoms with Crippen molar-refractivity contribution in [1.29, 1.82) is 0 Å². The molecule has 0 aliphatic heterocycles. The second kappa shape index (κ2) is 5.17. The molecule has 0 atom stereocenters. The van der Waals surface area contributed by atoms with Crippen LogP contribution in [-0.2, 0) is 0 Å². The van der Waals surface area contributed by atoms with Crippen LogP contribution in [0.15, 0.2) is 18.3 Å². The maximum absolute atomic E-state index is 11.7. The lowest BCUT2D eigenvalue weighted by atomic mass is 9.86. The third-order valence-corrected chi connectivity index (χ3v) is 3.39. The summed E-state index contributed by atoms with van der Waals surface area (Å²) in [7, 11) is 3.40. The van der Waals surface area contributed by atoms with Crippen molar-refractivity contribution in [3.8, 4) is 0 Å². The molecule has 0 bridgehead atoms. The van der Waals surface area contributed by atoms with Crippen LogP contribution in [0, 0.1) is 0 Å². The van der Waals surface area contributed by atoms with E-state index >= 15 is 0 Å². The molecule has 0 aromatic carbocycles. The molecule has 2 N–H and O–H groups in total. The van der Waals surface area contributed by atoms with Crippen molar-refractivity contribution < 1.29 is 9.90 Å². The summed E-state index contributed by atoms with van der Waals surface area (Å²) in [5.41, 5.74) is -0.892. The van der Waals surface area contributed by atoms with Crippen molar-refractivity contribution in [3.63, 3.8) is 0 Å². The zero-order valence-electron chi connectivity index (χ0n) is 12.5. The van der Waals surface area contributed by atoms with Crippen molar-refractivity contribution in [2.75, 3.05) is 19.4 Å². The first kappa shape index (κ1) is 15.4. The van der Waals surface area contributed by atoms with Crippen molar-refractivity contribution in [2.24, 2.45) is 0 Å². The highest BCUT2D eigenvalue weighted by atomic mass is 16.3. The number of aromatic nitrogens is 1. The highest BCUT2D eigenvalue weighted by molar-refractivity contribution is 5.93. The zero-order chi connectivity index (χ0) is 14.8. The van der Waals surface area contributed by atoms with Crippen molar-refractivity contribution in [2.45, 2.75) is 38.8 Å². The lowest BCUT2D eigenvalue weighted by molar-refractivity contribution is 0.0238. The number of amides is 1. The molecule has 1 heterocycles. The molecular weight excluding hydrogens is 242 g/mol. The molecular formula is C14H23N3O2. The number of aliphatic hydroxyl groups is 1. The maximum Gasteiger partial charge on any atom is 0.254 e. The summed E-state index contributed by atoms with van der Waals surface area (Å²) in [4.78, 5) is 17.4. The Kier molecular flexibility index (Phi) is 4.20. The first-order valence-corrected chi connectivity index (χ1v) is 6.23. The van der Waals surface area contributed by atoms with E-state index in [9.17, 15) is 9.90 Å². The monoisotopic (exact) mass is 265 g/mol. The summed E-state index contributed by atoms with van der Waals surface area (Å²) < 4.78 is 0. The highest BCUT2D eigenvalue weighted by Crippen LogP contribution is 2.25.